The van der Waals surface area contributed by atoms with Crippen molar-refractivity contribution in [1.82, 2.24) is 14.7 Å². The Morgan fingerprint density at radius 2 is 2.38 bits per heavy atom. The van der Waals surface area contributed by atoms with E-state index >= 15 is 0 Å². The fourth-order valence-corrected chi connectivity index (χ4v) is 2.39. The highest BCUT2D eigenvalue weighted by Gasteiger charge is 2.23. The van der Waals surface area contributed by atoms with Gasteiger partial charge >= 0.3 is 0 Å². The first-order chi connectivity index (χ1) is 7.70. The molecule has 1 aromatic rings. The fraction of sp³-hybridized carbons (Fsp3) is 0.750. The number of hydrogen-bond acceptors (Lipinski definition) is 3. The predicted octanol–water partition coefficient (Wildman–Crippen LogP) is 1.15. The highest BCUT2D eigenvalue weighted by Crippen LogP contribution is 2.29. The van der Waals surface area contributed by atoms with Gasteiger partial charge in [-0.25, -0.2) is 0 Å². The van der Waals surface area contributed by atoms with E-state index in [-0.39, 0.29) is 0 Å². The van der Waals surface area contributed by atoms with Crippen molar-refractivity contribution in [2.24, 2.45) is 18.7 Å². The highest BCUT2D eigenvalue weighted by atomic mass is 15.2. The molecular formula is C12H22N4. The number of aromatic nitrogens is 2. The van der Waals surface area contributed by atoms with E-state index in [1.165, 1.54) is 24.8 Å². The van der Waals surface area contributed by atoms with E-state index in [2.05, 4.69) is 23.2 Å². The monoisotopic (exact) mass is 222 g/mol. The average Bonchev–Trinajstić information content (AvgIpc) is 2.60. The van der Waals surface area contributed by atoms with Gasteiger partial charge in [0.05, 0.1) is 6.20 Å². The first-order valence-electron chi connectivity index (χ1n) is 6.09. The van der Waals surface area contributed by atoms with E-state index in [0.717, 1.165) is 12.5 Å². The topological polar surface area (TPSA) is 47.1 Å². The van der Waals surface area contributed by atoms with E-state index in [0.29, 0.717) is 12.6 Å². The van der Waals surface area contributed by atoms with Gasteiger partial charge in [0.1, 0.15) is 0 Å². The second-order valence-electron chi connectivity index (χ2n) is 4.94. The van der Waals surface area contributed by atoms with Crippen LogP contribution in [-0.4, -0.2) is 34.8 Å². The Labute approximate surface area is 97.4 Å². The summed E-state index contributed by atoms with van der Waals surface area (Å²) in [5.41, 5.74) is 7.10. The Balaban J connectivity index is 1.97. The van der Waals surface area contributed by atoms with Gasteiger partial charge < -0.3 is 5.73 Å². The molecule has 0 saturated heterocycles. The lowest BCUT2D eigenvalue weighted by Gasteiger charge is -2.34. The molecular weight excluding hydrogens is 200 g/mol. The van der Waals surface area contributed by atoms with Crippen LogP contribution in [0, 0.1) is 5.92 Å². The minimum absolute atomic E-state index is 0.314. The number of aryl methyl sites for hydroxylation is 1. The van der Waals surface area contributed by atoms with Crippen molar-refractivity contribution in [2.75, 3.05) is 20.1 Å². The molecule has 1 aliphatic rings. The zero-order chi connectivity index (χ0) is 11.5. The van der Waals surface area contributed by atoms with Crippen LogP contribution in [0.3, 0.4) is 0 Å². The van der Waals surface area contributed by atoms with Gasteiger partial charge in [-0.15, -0.1) is 0 Å². The molecule has 1 aromatic heterocycles. The van der Waals surface area contributed by atoms with Crippen molar-refractivity contribution >= 4 is 0 Å². The Morgan fingerprint density at radius 3 is 2.81 bits per heavy atom. The molecule has 1 atom stereocenters. The smallest absolute Gasteiger partial charge is 0.0538 e. The standard InChI is InChI=1S/C12H22N4/c1-15(8-10-4-3-5-10)12(6-13)11-7-14-16(2)9-11/h7,9-10,12H,3-6,8,13H2,1-2H3. The predicted molar refractivity (Wildman–Crippen MR) is 65.0 cm³/mol. The number of nitrogens with zero attached hydrogens (tertiary/aromatic N) is 3. The van der Waals surface area contributed by atoms with Gasteiger partial charge in [0, 0.05) is 37.9 Å². The van der Waals surface area contributed by atoms with Crippen LogP contribution in [0.4, 0.5) is 0 Å². The van der Waals surface area contributed by atoms with Crippen molar-refractivity contribution in [3.63, 3.8) is 0 Å². The molecule has 4 heteroatoms. The zero-order valence-electron chi connectivity index (χ0n) is 10.3. The largest absolute Gasteiger partial charge is 0.329 e. The van der Waals surface area contributed by atoms with Crippen LogP contribution >= 0.6 is 0 Å². The molecule has 2 rings (SSSR count). The van der Waals surface area contributed by atoms with Crippen LogP contribution in [0.25, 0.3) is 0 Å². The maximum atomic E-state index is 5.87. The summed E-state index contributed by atoms with van der Waals surface area (Å²) in [7, 11) is 4.12. The minimum Gasteiger partial charge on any atom is -0.329 e. The molecule has 4 nitrogen and oxygen atoms in total. The van der Waals surface area contributed by atoms with Gasteiger partial charge in [-0.1, -0.05) is 6.42 Å². The molecule has 1 unspecified atom stereocenters. The molecule has 1 fully saturated rings. The lowest BCUT2D eigenvalue weighted by atomic mass is 9.85. The van der Waals surface area contributed by atoms with Crippen LogP contribution in [-0.2, 0) is 7.05 Å². The van der Waals surface area contributed by atoms with Gasteiger partial charge in [0.2, 0.25) is 0 Å². The third kappa shape index (κ3) is 2.44. The molecule has 16 heavy (non-hydrogen) atoms. The molecule has 90 valence electrons. The van der Waals surface area contributed by atoms with E-state index in [1.54, 1.807) is 0 Å². The molecule has 2 N–H and O–H groups in total. The van der Waals surface area contributed by atoms with Crippen molar-refractivity contribution < 1.29 is 0 Å². The van der Waals surface area contributed by atoms with Gasteiger partial charge in [-0.3, -0.25) is 9.58 Å². The number of hydrogen-bond donors (Lipinski definition) is 1. The molecule has 0 bridgehead atoms. The maximum absolute atomic E-state index is 5.87. The third-order valence-electron chi connectivity index (χ3n) is 3.64. The number of nitrogens with two attached hydrogens (primary N) is 1. The van der Waals surface area contributed by atoms with Gasteiger partial charge in [0.25, 0.3) is 0 Å². The SMILES string of the molecule is CN(CC1CCC1)C(CN)c1cnn(C)c1. The molecule has 0 radical (unpaired) electrons. The lowest BCUT2D eigenvalue weighted by molar-refractivity contribution is 0.165. The molecule has 1 saturated carbocycles. The first-order valence-corrected chi connectivity index (χ1v) is 6.09. The Morgan fingerprint density at radius 1 is 1.62 bits per heavy atom. The van der Waals surface area contributed by atoms with E-state index in [9.17, 15) is 0 Å². The first kappa shape index (κ1) is 11.6. The fourth-order valence-electron chi connectivity index (χ4n) is 2.39. The summed E-state index contributed by atoms with van der Waals surface area (Å²) in [6.07, 6.45) is 8.16. The second-order valence-corrected chi connectivity index (χ2v) is 4.94. The third-order valence-corrected chi connectivity index (χ3v) is 3.64. The van der Waals surface area contributed by atoms with E-state index in [4.69, 9.17) is 5.73 Å². The van der Waals surface area contributed by atoms with Gasteiger partial charge in [-0.2, -0.15) is 5.10 Å². The molecule has 0 amide bonds. The summed E-state index contributed by atoms with van der Waals surface area (Å²) in [6, 6.07) is 0.314. The second kappa shape index (κ2) is 4.97. The van der Waals surface area contributed by atoms with Crippen molar-refractivity contribution in [3.05, 3.63) is 18.0 Å². The van der Waals surface area contributed by atoms with Crippen molar-refractivity contribution in [1.29, 1.82) is 0 Å². The maximum Gasteiger partial charge on any atom is 0.0538 e. The minimum atomic E-state index is 0.314. The zero-order valence-corrected chi connectivity index (χ0v) is 10.3. The quantitative estimate of drug-likeness (QED) is 0.813. The summed E-state index contributed by atoms with van der Waals surface area (Å²) in [5, 5.41) is 4.22. The molecule has 0 aliphatic heterocycles. The normalized spacial score (nSPS) is 18.8. The van der Waals surface area contributed by atoms with Crippen LogP contribution < -0.4 is 5.73 Å². The summed E-state index contributed by atoms with van der Waals surface area (Å²) < 4.78 is 1.84. The number of likely N-dealkylation sites (N-methyl/N-ethyl adjacent to an activating group) is 1. The molecule has 0 spiro atoms. The van der Waals surface area contributed by atoms with E-state index < -0.39 is 0 Å². The van der Waals surface area contributed by atoms with Crippen LogP contribution in [0.15, 0.2) is 12.4 Å². The average molecular weight is 222 g/mol. The van der Waals surface area contributed by atoms with Crippen molar-refractivity contribution in [2.45, 2.75) is 25.3 Å². The summed E-state index contributed by atoms with van der Waals surface area (Å²) in [4.78, 5) is 2.38. The van der Waals surface area contributed by atoms with Crippen LogP contribution in [0.1, 0.15) is 30.9 Å². The van der Waals surface area contributed by atoms with Gasteiger partial charge in [-0.05, 0) is 25.8 Å². The van der Waals surface area contributed by atoms with Crippen LogP contribution in [0.5, 0.6) is 0 Å². The number of rotatable bonds is 5. The lowest BCUT2D eigenvalue weighted by Crippen LogP contribution is -2.36. The Hall–Kier alpha value is -0.870. The Bertz CT molecular complexity index is 330. The molecule has 0 aromatic carbocycles. The van der Waals surface area contributed by atoms with Crippen LogP contribution in [0.2, 0.25) is 0 Å². The highest BCUT2D eigenvalue weighted by molar-refractivity contribution is 5.11. The summed E-state index contributed by atoms with van der Waals surface area (Å²) in [6.45, 7) is 1.83. The van der Waals surface area contributed by atoms with Gasteiger partial charge in [0.15, 0.2) is 0 Å². The molecule has 1 aliphatic carbocycles. The van der Waals surface area contributed by atoms with E-state index in [1.807, 2.05) is 17.9 Å². The summed E-state index contributed by atoms with van der Waals surface area (Å²) >= 11 is 0. The van der Waals surface area contributed by atoms with Crippen molar-refractivity contribution in [3.8, 4) is 0 Å². The molecule has 1 heterocycles. The summed E-state index contributed by atoms with van der Waals surface area (Å²) in [5.74, 6) is 0.885. The Kier molecular flexibility index (Phi) is 3.61.